The fraction of sp³-hybridized carbons (Fsp3) is 0.263. The monoisotopic (exact) mass is 360 g/mol. The predicted octanol–water partition coefficient (Wildman–Crippen LogP) is 3.24. The molecule has 6 heteroatoms. The highest BCUT2D eigenvalue weighted by Crippen LogP contribution is 2.23. The summed E-state index contributed by atoms with van der Waals surface area (Å²) >= 11 is 6.09. The van der Waals surface area contributed by atoms with E-state index in [1.807, 2.05) is 30.3 Å². The summed E-state index contributed by atoms with van der Waals surface area (Å²) < 4.78 is 5.40. The molecule has 0 saturated carbocycles. The van der Waals surface area contributed by atoms with Gasteiger partial charge in [0.05, 0.1) is 17.3 Å². The number of rotatable bonds is 7. The molecule has 0 spiro atoms. The topological polar surface area (TPSA) is 58.6 Å². The van der Waals surface area contributed by atoms with Crippen molar-refractivity contribution < 1.29 is 14.3 Å². The summed E-state index contributed by atoms with van der Waals surface area (Å²) in [5, 5.41) is 3.04. The Morgan fingerprint density at radius 3 is 2.52 bits per heavy atom. The van der Waals surface area contributed by atoms with Crippen LogP contribution < -0.4 is 5.32 Å². The largest absolute Gasteiger partial charge is 0.371 e. The van der Waals surface area contributed by atoms with Gasteiger partial charge in [-0.25, -0.2) is 0 Å². The number of ether oxygens (including phenoxy) is 1. The molecule has 0 atom stereocenters. The van der Waals surface area contributed by atoms with E-state index < -0.39 is 0 Å². The van der Waals surface area contributed by atoms with Crippen molar-refractivity contribution in [3.8, 4) is 0 Å². The first-order valence-electron chi connectivity index (χ1n) is 7.90. The van der Waals surface area contributed by atoms with E-state index in [-0.39, 0.29) is 18.4 Å². The van der Waals surface area contributed by atoms with Gasteiger partial charge in [0.1, 0.15) is 6.61 Å². The third-order valence-electron chi connectivity index (χ3n) is 3.50. The summed E-state index contributed by atoms with van der Waals surface area (Å²) in [6, 6.07) is 14.7. The van der Waals surface area contributed by atoms with Gasteiger partial charge in [0.2, 0.25) is 5.91 Å². The molecule has 1 N–H and O–H groups in total. The molecular formula is C19H21ClN2O3. The summed E-state index contributed by atoms with van der Waals surface area (Å²) in [6.07, 6.45) is 0.738. The van der Waals surface area contributed by atoms with E-state index in [0.29, 0.717) is 22.9 Å². The quantitative estimate of drug-likeness (QED) is 0.771. The molecule has 2 aromatic rings. The van der Waals surface area contributed by atoms with E-state index in [2.05, 4.69) is 5.32 Å². The molecule has 0 aliphatic carbocycles. The van der Waals surface area contributed by atoms with Crippen LogP contribution in [0.2, 0.25) is 5.02 Å². The predicted molar refractivity (Wildman–Crippen MR) is 99.1 cm³/mol. The minimum atomic E-state index is -0.315. The molecule has 2 rings (SSSR count). The van der Waals surface area contributed by atoms with Crippen molar-refractivity contribution in [1.29, 1.82) is 0 Å². The number of hydrogen-bond acceptors (Lipinski definition) is 3. The molecule has 0 aliphatic heterocycles. The van der Waals surface area contributed by atoms with Gasteiger partial charge >= 0.3 is 0 Å². The van der Waals surface area contributed by atoms with Crippen LogP contribution in [0.4, 0.5) is 5.69 Å². The van der Waals surface area contributed by atoms with Crippen molar-refractivity contribution in [2.24, 2.45) is 0 Å². The van der Waals surface area contributed by atoms with E-state index in [0.717, 1.165) is 12.0 Å². The average Bonchev–Trinajstić information content (AvgIpc) is 2.61. The molecule has 0 saturated heterocycles. The van der Waals surface area contributed by atoms with Crippen molar-refractivity contribution >= 4 is 29.1 Å². The number of anilines is 1. The van der Waals surface area contributed by atoms with Gasteiger partial charge in [-0.3, -0.25) is 9.59 Å². The standard InChI is InChI=1S/C19H21ClN2O3/c1-22(2)19(24)15-8-9-16(20)17(12-15)21-18(23)13-25-11-10-14-6-4-3-5-7-14/h3-9,12H,10-11,13H2,1-2H3,(H,21,23). The maximum Gasteiger partial charge on any atom is 0.253 e. The lowest BCUT2D eigenvalue weighted by Gasteiger charge is -2.13. The zero-order valence-electron chi connectivity index (χ0n) is 14.3. The third kappa shape index (κ3) is 5.89. The van der Waals surface area contributed by atoms with E-state index in [4.69, 9.17) is 16.3 Å². The number of nitrogens with zero attached hydrogens (tertiary/aromatic N) is 1. The Balaban J connectivity index is 1.85. The zero-order chi connectivity index (χ0) is 18.2. The number of carbonyl (C=O) groups is 2. The Hall–Kier alpha value is -2.37. The molecule has 0 radical (unpaired) electrons. The molecule has 0 bridgehead atoms. The van der Waals surface area contributed by atoms with Gasteiger partial charge in [0.25, 0.3) is 5.91 Å². The number of carbonyl (C=O) groups excluding carboxylic acids is 2. The maximum atomic E-state index is 12.0. The van der Waals surface area contributed by atoms with Crippen molar-refractivity contribution in [3.63, 3.8) is 0 Å². The van der Waals surface area contributed by atoms with Gasteiger partial charge in [-0.2, -0.15) is 0 Å². The number of benzene rings is 2. The van der Waals surface area contributed by atoms with Crippen LogP contribution in [-0.2, 0) is 16.0 Å². The van der Waals surface area contributed by atoms with Gasteiger partial charge in [-0.1, -0.05) is 41.9 Å². The van der Waals surface area contributed by atoms with Crippen LogP contribution in [0.1, 0.15) is 15.9 Å². The normalized spacial score (nSPS) is 10.4. The smallest absolute Gasteiger partial charge is 0.253 e. The van der Waals surface area contributed by atoms with E-state index in [1.54, 1.807) is 32.3 Å². The molecule has 132 valence electrons. The van der Waals surface area contributed by atoms with Crippen LogP contribution in [0.5, 0.6) is 0 Å². The Labute approximate surface area is 152 Å². The minimum Gasteiger partial charge on any atom is -0.371 e. The molecule has 5 nitrogen and oxygen atoms in total. The Morgan fingerprint density at radius 1 is 1.12 bits per heavy atom. The molecule has 0 unspecified atom stereocenters. The van der Waals surface area contributed by atoms with Crippen LogP contribution >= 0.6 is 11.6 Å². The molecular weight excluding hydrogens is 340 g/mol. The first-order chi connectivity index (χ1) is 12.0. The van der Waals surface area contributed by atoms with Gasteiger partial charge in [-0.05, 0) is 30.2 Å². The lowest BCUT2D eigenvalue weighted by molar-refractivity contribution is -0.120. The van der Waals surface area contributed by atoms with Crippen molar-refractivity contribution in [2.45, 2.75) is 6.42 Å². The number of hydrogen-bond donors (Lipinski definition) is 1. The summed E-state index contributed by atoms with van der Waals surface area (Å²) in [7, 11) is 3.32. The summed E-state index contributed by atoms with van der Waals surface area (Å²) in [5.41, 5.74) is 2.00. The second kappa shape index (κ2) is 9.20. The lowest BCUT2D eigenvalue weighted by Crippen LogP contribution is -2.22. The summed E-state index contributed by atoms with van der Waals surface area (Å²) in [6.45, 7) is 0.374. The van der Waals surface area contributed by atoms with Crippen LogP contribution in [0.25, 0.3) is 0 Å². The lowest BCUT2D eigenvalue weighted by atomic mass is 10.2. The Kier molecular flexibility index (Phi) is 6.98. The highest BCUT2D eigenvalue weighted by molar-refractivity contribution is 6.33. The molecule has 0 fully saturated rings. The summed E-state index contributed by atoms with van der Waals surface area (Å²) in [4.78, 5) is 25.4. The van der Waals surface area contributed by atoms with E-state index in [9.17, 15) is 9.59 Å². The maximum absolute atomic E-state index is 12.0. The molecule has 0 heterocycles. The highest BCUT2D eigenvalue weighted by Gasteiger charge is 2.12. The number of nitrogens with one attached hydrogen (secondary N) is 1. The Morgan fingerprint density at radius 2 is 1.84 bits per heavy atom. The third-order valence-corrected chi connectivity index (χ3v) is 3.83. The van der Waals surface area contributed by atoms with Gasteiger partial charge in [-0.15, -0.1) is 0 Å². The fourth-order valence-corrected chi connectivity index (χ4v) is 2.36. The second-order valence-corrected chi connectivity index (χ2v) is 6.14. The van der Waals surface area contributed by atoms with Crippen LogP contribution in [0, 0.1) is 0 Å². The molecule has 0 aromatic heterocycles. The van der Waals surface area contributed by atoms with Crippen LogP contribution in [0.3, 0.4) is 0 Å². The van der Waals surface area contributed by atoms with Crippen LogP contribution in [0.15, 0.2) is 48.5 Å². The van der Waals surface area contributed by atoms with Crippen molar-refractivity contribution in [3.05, 3.63) is 64.7 Å². The molecule has 2 aromatic carbocycles. The van der Waals surface area contributed by atoms with Crippen LogP contribution in [-0.4, -0.2) is 44.0 Å². The second-order valence-electron chi connectivity index (χ2n) is 5.73. The van der Waals surface area contributed by atoms with Crippen molar-refractivity contribution in [1.82, 2.24) is 4.90 Å². The van der Waals surface area contributed by atoms with Crippen molar-refractivity contribution in [2.75, 3.05) is 32.6 Å². The number of amides is 2. The molecule has 2 amide bonds. The number of halogens is 1. The average molecular weight is 361 g/mol. The SMILES string of the molecule is CN(C)C(=O)c1ccc(Cl)c(NC(=O)COCCc2ccccc2)c1. The van der Waals surface area contributed by atoms with E-state index in [1.165, 1.54) is 4.90 Å². The highest BCUT2D eigenvalue weighted by atomic mass is 35.5. The molecule has 0 aliphatic rings. The molecule has 25 heavy (non-hydrogen) atoms. The first kappa shape index (κ1) is 19.0. The minimum absolute atomic E-state index is 0.0744. The van der Waals surface area contributed by atoms with E-state index >= 15 is 0 Å². The fourth-order valence-electron chi connectivity index (χ4n) is 2.20. The van der Waals surface area contributed by atoms with Gasteiger partial charge < -0.3 is 15.0 Å². The van der Waals surface area contributed by atoms with Gasteiger partial charge in [0.15, 0.2) is 0 Å². The first-order valence-corrected chi connectivity index (χ1v) is 8.28. The zero-order valence-corrected chi connectivity index (χ0v) is 15.0. The Bertz CT molecular complexity index is 733. The van der Waals surface area contributed by atoms with Gasteiger partial charge in [0, 0.05) is 19.7 Å². The summed E-state index contributed by atoms with van der Waals surface area (Å²) in [5.74, 6) is -0.476.